The van der Waals surface area contributed by atoms with Crippen LogP contribution in [0, 0.1) is 0 Å². The lowest BCUT2D eigenvalue weighted by Crippen LogP contribution is -1.90. The lowest BCUT2D eigenvalue weighted by Gasteiger charge is -1.91. The first-order valence-corrected chi connectivity index (χ1v) is 5.50. The first kappa shape index (κ1) is 14.3. The summed E-state index contributed by atoms with van der Waals surface area (Å²) in [7, 11) is 0. The molecule has 0 amide bonds. The Bertz CT molecular complexity index is 435. The molecule has 4 heteroatoms. The molecule has 2 aromatic rings. The summed E-state index contributed by atoms with van der Waals surface area (Å²) in [5.41, 5.74) is 1.90. The van der Waals surface area contributed by atoms with Gasteiger partial charge in [-0.1, -0.05) is 27.7 Å². The largest absolute Gasteiger partial charge is 0.295 e. The van der Waals surface area contributed by atoms with E-state index in [1.165, 1.54) is 6.92 Å². The fourth-order valence-corrected chi connectivity index (χ4v) is 1.00. The van der Waals surface area contributed by atoms with Gasteiger partial charge in [0.15, 0.2) is 5.78 Å². The number of ketones is 1. The monoisotopic (exact) mass is 222 g/mol. The molecule has 1 aromatic carbocycles. The van der Waals surface area contributed by atoms with E-state index in [-0.39, 0.29) is 5.78 Å². The zero-order valence-corrected chi connectivity index (χ0v) is 10.4. The van der Waals surface area contributed by atoms with Gasteiger partial charge in [-0.2, -0.15) is 0 Å². The van der Waals surface area contributed by atoms with Crippen molar-refractivity contribution in [2.45, 2.75) is 34.6 Å². The zero-order valence-electron chi connectivity index (χ0n) is 10.4. The number of fused-ring (bicyclic) bond motifs is 1. The van der Waals surface area contributed by atoms with E-state index in [0.717, 1.165) is 0 Å². The van der Waals surface area contributed by atoms with Crippen molar-refractivity contribution in [2.24, 2.45) is 0 Å². The minimum Gasteiger partial charge on any atom is -0.295 e. The Labute approximate surface area is 95.6 Å². The summed E-state index contributed by atoms with van der Waals surface area (Å²) in [5.74, 6) is 0.0138. The van der Waals surface area contributed by atoms with Crippen LogP contribution in [0.25, 0.3) is 11.0 Å². The predicted molar refractivity (Wildman–Crippen MR) is 64.5 cm³/mol. The lowest BCUT2D eigenvalue weighted by molar-refractivity contribution is 0.101. The van der Waals surface area contributed by atoms with Crippen LogP contribution in [0.3, 0.4) is 0 Å². The van der Waals surface area contributed by atoms with Crippen LogP contribution < -0.4 is 0 Å². The summed E-state index contributed by atoms with van der Waals surface area (Å²) in [5, 5.41) is 7.25. The fraction of sp³-hybridized carbons (Fsp3) is 0.417. The van der Waals surface area contributed by atoms with E-state index in [1.54, 1.807) is 18.2 Å². The molecular weight excluding hydrogens is 204 g/mol. The van der Waals surface area contributed by atoms with Crippen molar-refractivity contribution < 1.29 is 9.42 Å². The van der Waals surface area contributed by atoms with Gasteiger partial charge in [0.1, 0.15) is 11.0 Å². The molecule has 0 aliphatic heterocycles. The summed E-state index contributed by atoms with van der Waals surface area (Å²) >= 11 is 0. The summed E-state index contributed by atoms with van der Waals surface area (Å²) in [6.45, 7) is 9.51. The molecular formula is C12H18N2O2. The smallest absolute Gasteiger partial charge is 0.159 e. The van der Waals surface area contributed by atoms with Crippen molar-refractivity contribution in [3.05, 3.63) is 23.8 Å². The van der Waals surface area contributed by atoms with Crippen LogP contribution in [-0.2, 0) is 0 Å². The molecule has 0 aliphatic carbocycles. The number of aromatic nitrogens is 2. The van der Waals surface area contributed by atoms with E-state index < -0.39 is 0 Å². The molecule has 2 rings (SSSR count). The molecule has 0 radical (unpaired) electrons. The van der Waals surface area contributed by atoms with Gasteiger partial charge in [-0.05, 0) is 35.4 Å². The van der Waals surface area contributed by atoms with E-state index in [4.69, 9.17) is 0 Å². The topological polar surface area (TPSA) is 56.0 Å². The molecule has 0 saturated carbocycles. The Morgan fingerprint density at radius 3 is 2.19 bits per heavy atom. The Kier molecular flexibility index (Phi) is 6.76. The quantitative estimate of drug-likeness (QED) is 0.693. The van der Waals surface area contributed by atoms with Crippen molar-refractivity contribution in [1.29, 1.82) is 0 Å². The Balaban J connectivity index is 0.000000509. The third-order valence-electron chi connectivity index (χ3n) is 1.66. The van der Waals surface area contributed by atoms with Crippen molar-refractivity contribution in [3.8, 4) is 0 Å². The van der Waals surface area contributed by atoms with Gasteiger partial charge in [-0.25, -0.2) is 4.63 Å². The molecule has 4 nitrogen and oxygen atoms in total. The van der Waals surface area contributed by atoms with Crippen LogP contribution in [0.15, 0.2) is 22.8 Å². The molecule has 0 spiro atoms. The van der Waals surface area contributed by atoms with E-state index >= 15 is 0 Å². The molecule has 88 valence electrons. The first-order chi connectivity index (χ1) is 7.77. The third-order valence-corrected chi connectivity index (χ3v) is 1.66. The minimum absolute atomic E-state index is 0.0138. The molecule has 0 fully saturated rings. The SMILES string of the molecule is CC.CC.CC(=O)c1ccc2nonc2c1. The van der Waals surface area contributed by atoms with E-state index in [2.05, 4.69) is 14.9 Å². The first-order valence-electron chi connectivity index (χ1n) is 5.50. The van der Waals surface area contributed by atoms with Gasteiger partial charge >= 0.3 is 0 Å². The zero-order chi connectivity index (χ0) is 12.6. The summed E-state index contributed by atoms with van der Waals surface area (Å²) in [4.78, 5) is 10.9. The lowest BCUT2D eigenvalue weighted by atomic mass is 10.1. The van der Waals surface area contributed by atoms with Gasteiger partial charge in [0, 0.05) is 5.56 Å². The summed E-state index contributed by atoms with van der Waals surface area (Å²) in [6.07, 6.45) is 0. The van der Waals surface area contributed by atoms with Crippen LogP contribution in [0.2, 0.25) is 0 Å². The third kappa shape index (κ3) is 3.46. The number of nitrogens with zero attached hydrogens (tertiary/aromatic N) is 2. The molecule has 1 aromatic heterocycles. The van der Waals surface area contributed by atoms with Gasteiger partial charge in [0.05, 0.1) is 0 Å². The number of benzene rings is 1. The summed E-state index contributed by atoms with van der Waals surface area (Å²) in [6, 6.07) is 5.08. The highest BCUT2D eigenvalue weighted by Gasteiger charge is 2.03. The minimum atomic E-state index is 0.0138. The number of hydrogen-bond donors (Lipinski definition) is 0. The predicted octanol–water partition coefficient (Wildman–Crippen LogP) is 3.48. The highest BCUT2D eigenvalue weighted by Crippen LogP contribution is 2.11. The van der Waals surface area contributed by atoms with Crippen molar-refractivity contribution in [1.82, 2.24) is 10.3 Å². The molecule has 16 heavy (non-hydrogen) atoms. The van der Waals surface area contributed by atoms with Gasteiger partial charge in [-0.15, -0.1) is 0 Å². The molecule has 0 saturated heterocycles. The van der Waals surface area contributed by atoms with E-state index in [0.29, 0.717) is 16.6 Å². The van der Waals surface area contributed by atoms with Gasteiger partial charge in [-0.3, -0.25) is 4.79 Å². The molecule has 0 bridgehead atoms. The van der Waals surface area contributed by atoms with Crippen LogP contribution >= 0.6 is 0 Å². The van der Waals surface area contributed by atoms with Crippen molar-refractivity contribution in [2.75, 3.05) is 0 Å². The molecule has 0 unspecified atom stereocenters. The second-order valence-corrected chi connectivity index (χ2v) is 2.52. The Morgan fingerprint density at radius 2 is 1.62 bits per heavy atom. The maximum absolute atomic E-state index is 10.9. The number of rotatable bonds is 1. The second kappa shape index (κ2) is 7.56. The van der Waals surface area contributed by atoms with Gasteiger partial charge in [0.2, 0.25) is 0 Å². The van der Waals surface area contributed by atoms with E-state index in [1.807, 2.05) is 27.7 Å². The average Bonchev–Trinajstić information content (AvgIpc) is 2.81. The molecule has 0 aliphatic rings. The fourth-order valence-electron chi connectivity index (χ4n) is 1.00. The van der Waals surface area contributed by atoms with Gasteiger partial charge in [0.25, 0.3) is 0 Å². The van der Waals surface area contributed by atoms with Crippen LogP contribution in [-0.4, -0.2) is 16.1 Å². The van der Waals surface area contributed by atoms with Crippen LogP contribution in [0.1, 0.15) is 45.0 Å². The second-order valence-electron chi connectivity index (χ2n) is 2.52. The highest BCUT2D eigenvalue weighted by molar-refractivity contribution is 5.96. The number of carbonyl (C=O) groups excluding carboxylic acids is 1. The normalized spacial score (nSPS) is 8.56. The highest BCUT2D eigenvalue weighted by atomic mass is 16.6. The van der Waals surface area contributed by atoms with E-state index in [9.17, 15) is 4.79 Å². The maximum Gasteiger partial charge on any atom is 0.159 e. The number of Topliss-reactive ketones (excluding diaryl/α,β-unsaturated/α-hetero) is 1. The van der Waals surface area contributed by atoms with Crippen LogP contribution in [0.5, 0.6) is 0 Å². The van der Waals surface area contributed by atoms with Crippen molar-refractivity contribution in [3.63, 3.8) is 0 Å². The number of hydrogen-bond acceptors (Lipinski definition) is 4. The average molecular weight is 222 g/mol. The number of carbonyl (C=O) groups is 1. The Hall–Kier alpha value is -1.71. The molecule has 0 N–H and O–H groups in total. The Morgan fingerprint density at radius 1 is 1.06 bits per heavy atom. The van der Waals surface area contributed by atoms with Gasteiger partial charge < -0.3 is 0 Å². The maximum atomic E-state index is 10.9. The standard InChI is InChI=1S/C8H6N2O2.2C2H6/c1-5(11)6-2-3-7-8(4-6)10-12-9-7;2*1-2/h2-4H,1H3;2*1-2H3. The molecule has 0 atom stereocenters. The van der Waals surface area contributed by atoms with Crippen molar-refractivity contribution >= 4 is 16.8 Å². The molecule has 1 heterocycles. The van der Waals surface area contributed by atoms with Crippen LogP contribution in [0.4, 0.5) is 0 Å². The summed E-state index contributed by atoms with van der Waals surface area (Å²) < 4.78 is 4.49.